The van der Waals surface area contributed by atoms with Gasteiger partial charge in [-0.3, -0.25) is 0 Å². The van der Waals surface area contributed by atoms with Gasteiger partial charge in [0.2, 0.25) is 0 Å². The van der Waals surface area contributed by atoms with Gasteiger partial charge in [-0.05, 0) is 43.5 Å². The van der Waals surface area contributed by atoms with Gasteiger partial charge in [-0.1, -0.05) is 74.3 Å². The molecule has 5 heteroatoms. The lowest BCUT2D eigenvalue weighted by Gasteiger charge is -2.23. The maximum absolute atomic E-state index is 11.2. The molecule has 0 amide bonds. The van der Waals surface area contributed by atoms with Crippen molar-refractivity contribution in [2.24, 2.45) is 0 Å². The van der Waals surface area contributed by atoms with Crippen molar-refractivity contribution in [1.82, 2.24) is 0 Å². The minimum absolute atomic E-state index is 0.144. The van der Waals surface area contributed by atoms with E-state index in [-0.39, 0.29) is 8.65 Å². The summed E-state index contributed by atoms with van der Waals surface area (Å²) in [7, 11) is 0. The predicted octanol–water partition coefficient (Wildman–Crippen LogP) is 5.10. The highest BCUT2D eigenvalue weighted by atomic mass is 79.9. The van der Waals surface area contributed by atoms with Gasteiger partial charge in [-0.2, -0.15) is 0 Å². The Morgan fingerprint density at radius 1 is 1.04 bits per heavy atom. The molecule has 0 aromatic heterocycles. The summed E-state index contributed by atoms with van der Waals surface area (Å²) in [5.41, 5.74) is 0.989. The molecule has 3 nitrogen and oxygen atoms in total. The Morgan fingerprint density at radius 3 is 2.00 bits per heavy atom. The van der Waals surface area contributed by atoms with E-state index < -0.39 is 11.6 Å². The lowest BCUT2D eigenvalue weighted by molar-refractivity contribution is -0.152. The van der Waals surface area contributed by atoms with Crippen LogP contribution in [-0.4, -0.2) is 19.9 Å². The zero-order chi connectivity index (χ0) is 17.6. The number of carboxylic acid groups (broad SMARTS) is 1. The fraction of sp³-hybridized carbons (Fsp3) is 0.316. The molecule has 0 heterocycles. The Morgan fingerprint density at radius 2 is 1.54 bits per heavy atom. The summed E-state index contributed by atoms with van der Waals surface area (Å²) in [6.45, 7) is 3.08. The molecular weight excluding hydrogens is 436 g/mol. The first-order valence-corrected chi connectivity index (χ1v) is 9.24. The van der Waals surface area contributed by atoms with Crippen molar-refractivity contribution in [2.75, 3.05) is 0 Å². The third-order valence-electron chi connectivity index (χ3n) is 4.49. The molecule has 0 bridgehead atoms. The highest BCUT2D eigenvalue weighted by molar-refractivity contribution is 9.25. The van der Waals surface area contributed by atoms with E-state index in [0.717, 1.165) is 12.0 Å². The molecule has 1 atom stereocenters. The van der Waals surface area contributed by atoms with Gasteiger partial charge >= 0.3 is 5.97 Å². The van der Waals surface area contributed by atoms with E-state index >= 15 is 0 Å². The van der Waals surface area contributed by atoms with Crippen LogP contribution in [0.3, 0.4) is 0 Å². The second-order valence-corrected chi connectivity index (χ2v) is 10.4. The maximum Gasteiger partial charge on any atom is 0.347 e. The molecule has 1 saturated carbocycles. The van der Waals surface area contributed by atoms with E-state index in [1.807, 2.05) is 42.5 Å². The molecule has 1 aliphatic carbocycles. The van der Waals surface area contributed by atoms with Crippen LogP contribution in [0.15, 0.2) is 54.6 Å². The number of hydrogen-bond donors (Lipinski definition) is 1. The van der Waals surface area contributed by atoms with Crippen LogP contribution in [0.4, 0.5) is 0 Å². The van der Waals surface area contributed by atoms with Crippen LogP contribution in [0.2, 0.25) is 0 Å². The van der Waals surface area contributed by atoms with Crippen LogP contribution in [0.1, 0.15) is 31.4 Å². The number of rotatable bonds is 5. The van der Waals surface area contributed by atoms with Gasteiger partial charge in [0.15, 0.2) is 5.60 Å². The lowest BCUT2D eigenvalue weighted by Crippen LogP contribution is -2.37. The Kier molecular flexibility index (Phi) is 4.29. The van der Waals surface area contributed by atoms with Crippen molar-refractivity contribution >= 4 is 37.8 Å². The summed E-state index contributed by atoms with van der Waals surface area (Å²) in [6.07, 6.45) is 0.935. The highest BCUT2D eigenvalue weighted by Crippen LogP contribution is 2.70. The average Bonchev–Trinajstić information content (AvgIpc) is 3.12. The molecule has 3 rings (SSSR count). The number of aliphatic carboxylic acids is 1. The van der Waals surface area contributed by atoms with Crippen LogP contribution in [0, 0.1) is 0 Å². The molecule has 126 valence electrons. The van der Waals surface area contributed by atoms with E-state index in [1.54, 1.807) is 0 Å². The summed E-state index contributed by atoms with van der Waals surface area (Å²) in [5, 5.41) is 9.18. The predicted molar refractivity (Wildman–Crippen MR) is 101 cm³/mol. The first-order valence-electron chi connectivity index (χ1n) is 7.65. The van der Waals surface area contributed by atoms with E-state index in [1.165, 1.54) is 19.4 Å². The average molecular weight is 454 g/mol. The summed E-state index contributed by atoms with van der Waals surface area (Å²) in [5.74, 6) is -0.445. The topological polar surface area (TPSA) is 46.5 Å². The van der Waals surface area contributed by atoms with Crippen molar-refractivity contribution in [2.45, 2.75) is 34.5 Å². The normalized spacial score (nSPS) is 22.0. The second-order valence-electron chi connectivity index (χ2n) is 6.59. The molecule has 2 aromatic rings. The molecule has 1 unspecified atom stereocenters. The number of ether oxygens (including phenoxy) is 1. The van der Waals surface area contributed by atoms with E-state index in [9.17, 15) is 9.90 Å². The van der Waals surface area contributed by atoms with Gasteiger partial charge in [0, 0.05) is 5.41 Å². The monoisotopic (exact) mass is 452 g/mol. The largest absolute Gasteiger partial charge is 0.478 e. The molecule has 0 aliphatic heterocycles. The standard InChI is InChI=1S/C19H18Br2O3/c1-17(2,16(22)23)24-15-10-8-14(9-11-15)18(12-19(18,20)21)13-6-4-3-5-7-13/h3-11H,12H2,1-2H3,(H,22,23). The summed E-state index contributed by atoms with van der Waals surface area (Å²) in [6, 6.07) is 18.0. The van der Waals surface area contributed by atoms with Crippen molar-refractivity contribution in [1.29, 1.82) is 0 Å². The maximum atomic E-state index is 11.2. The fourth-order valence-corrected chi connectivity index (χ4v) is 4.71. The number of hydrogen-bond acceptors (Lipinski definition) is 2. The van der Waals surface area contributed by atoms with Crippen molar-refractivity contribution in [3.05, 3.63) is 65.7 Å². The minimum atomic E-state index is -1.26. The number of carbonyl (C=O) groups is 1. The smallest absolute Gasteiger partial charge is 0.347 e. The molecule has 0 spiro atoms. The number of halogens is 2. The van der Waals surface area contributed by atoms with Crippen LogP contribution in [0.25, 0.3) is 0 Å². The molecule has 1 aliphatic rings. The van der Waals surface area contributed by atoms with Crippen LogP contribution in [-0.2, 0) is 10.2 Å². The summed E-state index contributed by atoms with van der Waals surface area (Å²) < 4.78 is 5.42. The molecule has 0 saturated heterocycles. The Bertz CT molecular complexity index is 754. The van der Waals surface area contributed by atoms with Gasteiger partial charge < -0.3 is 9.84 Å². The SMILES string of the molecule is CC(C)(Oc1ccc(C2(c3ccccc3)CC2(Br)Br)cc1)C(=O)O. The fourth-order valence-electron chi connectivity index (χ4n) is 2.95. The third-order valence-corrected chi connectivity index (χ3v) is 6.40. The Hall–Kier alpha value is -1.33. The summed E-state index contributed by atoms with van der Waals surface area (Å²) in [4.78, 5) is 11.2. The molecular formula is C19H18Br2O3. The third kappa shape index (κ3) is 2.88. The second kappa shape index (κ2) is 5.88. The molecule has 1 fully saturated rings. The number of carboxylic acids is 1. The molecule has 2 aromatic carbocycles. The van der Waals surface area contributed by atoms with Gasteiger partial charge in [-0.15, -0.1) is 0 Å². The molecule has 1 N–H and O–H groups in total. The zero-order valence-electron chi connectivity index (χ0n) is 13.4. The van der Waals surface area contributed by atoms with E-state index in [2.05, 4.69) is 44.0 Å². The zero-order valence-corrected chi connectivity index (χ0v) is 16.6. The van der Waals surface area contributed by atoms with Crippen molar-refractivity contribution < 1.29 is 14.6 Å². The summed E-state index contributed by atoms with van der Waals surface area (Å²) >= 11 is 7.55. The first-order chi connectivity index (χ1) is 11.2. The Balaban J connectivity index is 1.92. The quantitative estimate of drug-likeness (QED) is 0.640. The van der Waals surface area contributed by atoms with Gasteiger partial charge in [0.05, 0.1) is 3.23 Å². The number of alkyl halides is 2. The van der Waals surface area contributed by atoms with Gasteiger partial charge in [0.25, 0.3) is 0 Å². The van der Waals surface area contributed by atoms with Gasteiger partial charge in [-0.25, -0.2) is 4.79 Å². The Labute approximate surface area is 158 Å². The lowest BCUT2D eigenvalue weighted by atomic mass is 9.88. The minimum Gasteiger partial charge on any atom is -0.478 e. The van der Waals surface area contributed by atoms with Crippen LogP contribution < -0.4 is 4.74 Å². The number of benzene rings is 2. The van der Waals surface area contributed by atoms with Crippen molar-refractivity contribution in [3.63, 3.8) is 0 Å². The van der Waals surface area contributed by atoms with E-state index in [4.69, 9.17) is 4.74 Å². The molecule has 0 radical (unpaired) electrons. The first kappa shape index (κ1) is 17.5. The van der Waals surface area contributed by atoms with Crippen molar-refractivity contribution in [3.8, 4) is 5.75 Å². The van der Waals surface area contributed by atoms with Crippen LogP contribution in [0.5, 0.6) is 5.75 Å². The molecule has 24 heavy (non-hydrogen) atoms. The highest BCUT2D eigenvalue weighted by Gasteiger charge is 2.66. The van der Waals surface area contributed by atoms with Gasteiger partial charge in [0.1, 0.15) is 5.75 Å². The van der Waals surface area contributed by atoms with E-state index in [0.29, 0.717) is 5.75 Å². The van der Waals surface area contributed by atoms with Crippen LogP contribution >= 0.6 is 31.9 Å².